The van der Waals surface area contributed by atoms with E-state index < -0.39 is 16.0 Å². The lowest BCUT2D eigenvalue weighted by atomic mass is 10.2. The third kappa shape index (κ3) is 3.81. The summed E-state index contributed by atoms with van der Waals surface area (Å²) < 4.78 is 0. The Hall–Kier alpha value is -1.20. The third-order valence-electron chi connectivity index (χ3n) is 1.77. The van der Waals surface area contributed by atoms with Crippen LogP contribution in [-0.2, 0) is 0 Å². The topological polar surface area (TPSA) is 63.4 Å². The molecule has 1 N–H and O–H groups in total. The number of benzene rings is 1. The van der Waals surface area contributed by atoms with Crippen LogP contribution in [0.15, 0.2) is 36.4 Å². The van der Waals surface area contributed by atoms with Gasteiger partial charge in [0.15, 0.2) is 6.10 Å². The van der Waals surface area contributed by atoms with Crippen molar-refractivity contribution < 1.29 is 10.0 Å². The van der Waals surface area contributed by atoms with Gasteiger partial charge >= 0.3 is 0 Å². The molecule has 0 saturated carbocycles. The Balaban J connectivity index is 2.62. The molecule has 1 rings (SSSR count). The van der Waals surface area contributed by atoms with Crippen molar-refractivity contribution in [3.8, 4) is 0 Å². The first-order valence-electron chi connectivity index (χ1n) is 4.30. The predicted molar refractivity (Wildman–Crippen MR) is 61.2 cm³/mol. The molecule has 5 heteroatoms. The Morgan fingerprint density at radius 1 is 1.40 bits per heavy atom. The highest BCUT2D eigenvalue weighted by molar-refractivity contribution is 9.09. The van der Waals surface area contributed by atoms with Crippen LogP contribution in [0.5, 0.6) is 0 Å². The van der Waals surface area contributed by atoms with Gasteiger partial charge in [0.1, 0.15) is 0 Å². The number of rotatable bonds is 4. The molecule has 15 heavy (non-hydrogen) atoms. The highest BCUT2D eigenvalue weighted by Crippen LogP contribution is 2.10. The molecule has 0 bridgehead atoms. The molecular weight excluding hydrogens is 262 g/mol. The summed E-state index contributed by atoms with van der Waals surface area (Å²) in [6.07, 6.45) is 1.89. The second-order valence-electron chi connectivity index (χ2n) is 2.92. The molecule has 80 valence electrons. The van der Waals surface area contributed by atoms with Gasteiger partial charge < -0.3 is 5.11 Å². The van der Waals surface area contributed by atoms with Gasteiger partial charge in [0.2, 0.25) is 0 Å². The van der Waals surface area contributed by atoms with Crippen LogP contribution in [0.4, 0.5) is 0 Å². The van der Waals surface area contributed by atoms with Gasteiger partial charge in [-0.3, -0.25) is 10.1 Å². The van der Waals surface area contributed by atoms with Gasteiger partial charge in [0.25, 0.3) is 4.95 Å². The molecular formula is C10H10BrNO3. The molecule has 0 aliphatic carbocycles. The first-order valence-corrected chi connectivity index (χ1v) is 5.21. The van der Waals surface area contributed by atoms with E-state index in [4.69, 9.17) is 0 Å². The molecule has 4 nitrogen and oxygen atoms in total. The van der Waals surface area contributed by atoms with Crippen molar-refractivity contribution >= 4 is 22.0 Å². The first kappa shape index (κ1) is 11.9. The van der Waals surface area contributed by atoms with Crippen LogP contribution in [0.1, 0.15) is 5.56 Å². The summed E-state index contributed by atoms with van der Waals surface area (Å²) in [6, 6.07) is 9.27. The van der Waals surface area contributed by atoms with Gasteiger partial charge in [0, 0.05) is 4.92 Å². The van der Waals surface area contributed by atoms with E-state index in [-0.39, 0.29) is 0 Å². The summed E-state index contributed by atoms with van der Waals surface area (Å²) in [5.74, 6) is 0. The molecule has 2 atom stereocenters. The van der Waals surface area contributed by atoms with E-state index >= 15 is 0 Å². The minimum absolute atomic E-state index is 0.583. The van der Waals surface area contributed by atoms with Crippen LogP contribution in [0.25, 0.3) is 6.08 Å². The highest BCUT2D eigenvalue weighted by Gasteiger charge is 2.23. The largest absolute Gasteiger partial charge is 0.381 e. The fourth-order valence-corrected chi connectivity index (χ4v) is 1.17. The molecule has 0 aliphatic heterocycles. The molecule has 0 radical (unpaired) electrons. The zero-order chi connectivity index (χ0) is 11.3. The van der Waals surface area contributed by atoms with Crippen LogP contribution < -0.4 is 0 Å². The summed E-state index contributed by atoms with van der Waals surface area (Å²) in [7, 11) is 0. The van der Waals surface area contributed by atoms with E-state index in [2.05, 4.69) is 15.9 Å². The van der Waals surface area contributed by atoms with E-state index in [0.717, 1.165) is 5.56 Å². The first-order chi connectivity index (χ1) is 7.11. The number of alkyl halides is 1. The zero-order valence-electron chi connectivity index (χ0n) is 7.79. The molecule has 0 saturated heterocycles. The van der Waals surface area contributed by atoms with Crippen molar-refractivity contribution in [1.82, 2.24) is 0 Å². The van der Waals surface area contributed by atoms with Crippen molar-refractivity contribution in [2.75, 3.05) is 0 Å². The SMILES string of the molecule is O=[N+]([O-])[C@H](Br)[C@@H](O)/C=C/c1ccccc1. The van der Waals surface area contributed by atoms with Crippen molar-refractivity contribution in [1.29, 1.82) is 0 Å². The molecule has 0 unspecified atom stereocenters. The fourth-order valence-electron chi connectivity index (χ4n) is 0.990. The summed E-state index contributed by atoms with van der Waals surface area (Å²) in [5.41, 5.74) is 0.889. The quantitative estimate of drug-likeness (QED) is 0.395. The molecule has 0 aromatic heterocycles. The molecule has 0 fully saturated rings. The third-order valence-corrected chi connectivity index (χ3v) is 2.64. The Morgan fingerprint density at radius 2 is 2.00 bits per heavy atom. The van der Waals surface area contributed by atoms with Gasteiger partial charge in [-0.25, -0.2) is 0 Å². The van der Waals surface area contributed by atoms with E-state index in [1.54, 1.807) is 6.08 Å². The maximum Gasteiger partial charge on any atom is 0.294 e. The second-order valence-corrected chi connectivity index (χ2v) is 3.86. The van der Waals surface area contributed by atoms with Gasteiger partial charge in [-0.15, -0.1) is 0 Å². The summed E-state index contributed by atoms with van der Waals surface area (Å²) in [6.45, 7) is 0. The zero-order valence-corrected chi connectivity index (χ0v) is 9.37. The molecule has 0 amide bonds. The number of aliphatic hydroxyl groups is 1. The van der Waals surface area contributed by atoms with E-state index in [0.29, 0.717) is 0 Å². The van der Waals surface area contributed by atoms with Crippen LogP contribution in [0, 0.1) is 10.1 Å². The number of nitro groups is 1. The van der Waals surface area contributed by atoms with Gasteiger partial charge in [0.05, 0.1) is 0 Å². The summed E-state index contributed by atoms with van der Waals surface area (Å²) in [4.78, 5) is 8.56. The number of nitrogens with zero attached hydrogens (tertiary/aromatic N) is 1. The standard InChI is InChI=1S/C10H10BrNO3/c11-10(12(14)15)9(13)7-6-8-4-2-1-3-5-8/h1-7,9-10,13H/b7-6+/t9-,10-/m0/s1. The van der Waals surface area contributed by atoms with E-state index in [9.17, 15) is 15.2 Å². The monoisotopic (exact) mass is 271 g/mol. The van der Waals surface area contributed by atoms with Crippen LogP contribution >= 0.6 is 15.9 Å². The molecule has 0 aliphatic rings. The van der Waals surface area contributed by atoms with Crippen molar-refractivity contribution in [2.45, 2.75) is 11.1 Å². The number of halogens is 1. The molecule has 0 spiro atoms. The lowest BCUT2D eigenvalue weighted by molar-refractivity contribution is -0.501. The second kappa shape index (κ2) is 5.63. The Kier molecular flexibility index (Phi) is 4.45. The number of hydrogen-bond donors (Lipinski definition) is 1. The molecule has 0 heterocycles. The predicted octanol–water partition coefficient (Wildman–Crippen LogP) is 2.06. The fraction of sp³-hybridized carbons (Fsp3) is 0.200. The van der Waals surface area contributed by atoms with Crippen molar-refractivity contribution in [3.05, 3.63) is 52.1 Å². The maximum atomic E-state index is 10.3. The smallest absolute Gasteiger partial charge is 0.294 e. The van der Waals surface area contributed by atoms with E-state index in [1.165, 1.54) is 6.08 Å². The minimum Gasteiger partial charge on any atom is -0.381 e. The van der Waals surface area contributed by atoms with Gasteiger partial charge in [-0.2, -0.15) is 0 Å². The van der Waals surface area contributed by atoms with Crippen molar-refractivity contribution in [3.63, 3.8) is 0 Å². The van der Waals surface area contributed by atoms with Crippen LogP contribution in [-0.4, -0.2) is 21.1 Å². The number of hydrogen-bond acceptors (Lipinski definition) is 3. The minimum atomic E-state index is -1.17. The van der Waals surface area contributed by atoms with Crippen LogP contribution in [0.3, 0.4) is 0 Å². The lowest BCUT2D eigenvalue weighted by Gasteiger charge is -2.05. The van der Waals surface area contributed by atoms with E-state index in [1.807, 2.05) is 30.3 Å². The summed E-state index contributed by atoms with van der Waals surface area (Å²) in [5, 5.41) is 19.7. The maximum absolute atomic E-state index is 10.3. The molecule has 1 aromatic carbocycles. The highest BCUT2D eigenvalue weighted by atomic mass is 79.9. The Labute approximate surface area is 95.5 Å². The van der Waals surface area contributed by atoms with Crippen molar-refractivity contribution in [2.24, 2.45) is 0 Å². The Morgan fingerprint density at radius 3 is 2.53 bits per heavy atom. The average Bonchev–Trinajstić information content (AvgIpc) is 2.26. The Bertz CT molecular complexity index is 353. The summed E-state index contributed by atoms with van der Waals surface area (Å²) >= 11 is 2.78. The average molecular weight is 272 g/mol. The number of aliphatic hydroxyl groups excluding tert-OH is 1. The lowest BCUT2D eigenvalue weighted by Crippen LogP contribution is -2.25. The van der Waals surface area contributed by atoms with Crippen LogP contribution in [0.2, 0.25) is 0 Å². The normalized spacial score (nSPS) is 15.1. The van der Waals surface area contributed by atoms with Gasteiger partial charge in [-0.05, 0) is 27.6 Å². The molecule has 1 aromatic rings. The van der Waals surface area contributed by atoms with Gasteiger partial charge in [-0.1, -0.05) is 36.4 Å².